The number of carbonyl (C=O) groups is 5. The van der Waals surface area contributed by atoms with Crippen LogP contribution in [0.1, 0.15) is 104 Å². The molecule has 36 nitrogen and oxygen atoms in total. The largest absolute Gasteiger partial charge is 0.494 e. The van der Waals surface area contributed by atoms with Crippen LogP contribution in [0.3, 0.4) is 0 Å². The fourth-order valence-corrected chi connectivity index (χ4v) is 11.9. The SMILES string of the molecule is CCCCCCC#CCCCOc1cccc(C(=O)N[C@@H]2C(O[C@H]3C(O)C(NC(C)=O)[C@H](OC(C)C(CO)O[C@@H](O[C@H]4C(O)C(NC(C)=O)C(OC5C(CO[C@@H]6OC(C)C(O)[C@H](O)[C@H]6OC)OC(O)[C@@H](NC(C)=O)[C@H]5O)O[C@H]4CO)C(O)NC(C)=O)O[C@H]3CO)OC(CO)[C@@H](O)[C@@H]2O)c1. The first-order valence-electron chi connectivity index (χ1n) is 32.9. The molecule has 18 N–H and O–H groups in total. The minimum atomic E-state index is -2.22. The number of aliphatic hydroxyl groups is 13. The molecule has 5 aliphatic heterocycles. The molecule has 6 rings (SSSR count). The molecule has 0 spiro atoms. The summed E-state index contributed by atoms with van der Waals surface area (Å²) in [5.74, 6) is 2.57. The first kappa shape index (κ1) is 82.9. The summed E-state index contributed by atoms with van der Waals surface area (Å²) >= 11 is 0. The third-order valence-electron chi connectivity index (χ3n) is 17.1. The van der Waals surface area contributed by atoms with E-state index in [1.807, 2.05) is 0 Å². The average Bonchev–Trinajstić information content (AvgIpc) is 0.782. The van der Waals surface area contributed by atoms with Crippen LogP contribution in [0.5, 0.6) is 5.75 Å². The van der Waals surface area contributed by atoms with Crippen LogP contribution in [0, 0.1) is 11.8 Å². The van der Waals surface area contributed by atoms with Gasteiger partial charge >= 0.3 is 0 Å². The van der Waals surface area contributed by atoms with Crippen LogP contribution in [0.15, 0.2) is 24.3 Å². The van der Waals surface area contributed by atoms with E-state index in [9.17, 15) is 90.4 Å². The van der Waals surface area contributed by atoms with E-state index >= 15 is 0 Å². The van der Waals surface area contributed by atoms with Gasteiger partial charge in [0.15, 0.2) is 37.7 Å². The number of amides is 5. The molecule has 0 saturated carbocycles. The summed E-state index contributed by atoms with van der Waals surface area (Å²) in [5.41, 5.74) is 0.0417. The average molecular weight is 1420 g/mol. The van der Waals surface area contributed by atoms with Gasteiger partial charge in [-0.1, -0.05) is 32.3 Å². The Bertz CT molecular complexity index is 2740. The van der Waals surface area contributed by atoms with Crippen molar-refractivity contribution in [3.63, 3.8) is 0 Å². The van der Waals surface area contributed by atoms with Gasteiger partial charge < -0.3 is 155 Å². The minimum absolute atomic E-state index is 0.0417. The van der Waals surface area contributed by atoms with E-state index in [4.69, 9.17) is 61.6 Å². The highest BCUT2D eigenvalue weighted by atomic mass is 16.8. The van der Waals surface area contributed by atoms with Crippen LogP contribution in [0.25, 0.3) is 0 Å². The van der Waals surface area contributed by atoms with Gasteiger partial charge in [-0.25, -0.2) is 0 Å². The molecule has 5 saturated heterocycles. The number of ether oxygens (including phenoxy) is 13. The third-order valence-corrected chi connectivity index (χ3v) is 17.1. The summed E-state index contributed by atoms with van der Waals surface area (Å²) in [4.78, 5) is 64.5. The molecule has 0 bridgehead atoms. The van der Waals surface area contributed by atoms with E-state index in [1.165, 1.54) is 33.1 Å². The smallest absolute Gasteiger partial charge is 0.251 e. The molecular weight excluding hydrogens is 1320 g/mol. The van der Waals surface area contributed by atoms with Crippen molar-refractivity contribution in [2.24, 2.45) is 0 Å². The topological polar surface area (TPSA) is 528 Å². The molecule has 0 aliphatic carbocycles. The highest BCUT2D eigenvalue weighted by molar-refractivity contribution is 5.94. The van der Waals surface area contributed by atoms with Crippen LogP contribution in [-0.4, -0.2) is 321 Å². The van der Waals surface area contributed by atoms with E-state index in [0.717, 1.165) is 59.8 Å². The molecule has 5 aliphatic rings. The quantitative estimate of drug-likeness (QED) is 0.0173. The van der Waals surface area contributed by atoms with E-state index in [-0.39, 0.29) is 12.2 Å². The number of benzene rings is 1. The van der Waals surface area contributed by atoms with E-state index in [1.54, 1.807) is 12.1 Å². The summed E-state index contributed by atoms with van der Waals surface area (Å²) in [7, 11) is 1.21. The Labute approximate surface area is 572 Å². The molecule has 0 aromatic heterocycles. The maximum absolute atomic E-state index is 13.9. The normalized spacial score (nSPS) is 36.0. The lowest BCUT2D eigenvalue weighted by molar-refractivity contribution is -0.357. The molecule has 15 unspecified atom stereocenters. The first-order valence-corrected chi connectivity index (χ1v) is 32.9. The van der Waals surface area contributed by atoms with Gasteiger partial charge in [0, 0.05) is 53.2 Å². The van der Waals surface area contributed by atoms with Crippen molar-refractivity contribution in [2.45, 2.75) is 271 Å². The molecule has 5 fully saturated rings. The van der Waals surface area contributed by atoms with Crippen molar-refractivity contribution < 1.29 is 152 Å². The lowest BCUT2D eigenvalue weighted by Gasteiger charge is -2.49. The standard InChI is InChI=1S/C63H101N5O31/c1-9-10-11-12-13-14-15-16-17-21-88-35-20-18-19-34(22-35)56(84)68-42-47(79)46(78)37(24-70)94-60(42)97-52-38(25-71)95-59(43(49(52)81)65-31(5)74)90-28(2)36(23-69)93-63(57(85)67-33(7)76)99-53-39(26-72)96-61(44(50(53)82)66-32(6)75)98-54-40(92-58(86)41(48(54)80)64-30(4)73)27-89-62-55(87-8)51(83)45(77)29(3)91-62/h18-20,22,28-29,36-55,57-63,69-72,77-83,85-86H,9-13,16-17,21,23-27H2,1-8H3,(H,64,73)(H,65,74)(H,66,75)(H,67,76)(H,68,84)/t28?,29?,36?,37?,38-,39-,40?,41-,42-,43?,44?,45?,46+,47+,48+,49?,50?,51-,52+,53+,54?,55+,57?,58?,59+,60?,61?,62+,63-/m0/s1. The second kappa shape index (κ2) is 40.1. The van der Waals surface area contributed by atoms with Gasteiger partial charge in [-0.3, -0.25) is 24.0 Å². The summed E-state index contributed by atoms with van der Waals surface area (Å²) in [6, 6.07) is -0.665. The number of hydrogen-bond acceptors (Lipinski definition) is 31. The summed E-state index contributed by atoms with van der Waals surface area (Å²) < 4.78 is 77.4. The Hall–Kier alpha value is -5.07. The van der Waals surface area contributed by atoms with Crippen LogP contribution in [0.4, 0.5) is 0 Å². The lowest BCUT2D eigenvalue weighted by atomic mass is 9.94. The Morgan fingerprint density at radius 2 is 1.13 bits per heavy atom. The molecular formula is C63H101N5O31. The van der Waals surface area contributed by atoms with E-state index in [2.05, 4.69) is 45.3 Å². The molecule has 36 heteroatoms. The van der Waals surface area contributed by atoms with E-state index in [0.29, 0.717) is 18.6 Å². The second-order valence-corrected chi connectivity index (χ2v) is 24.8. The predicted octanol–water partition coefficient (Wildman–Crippen LogP) is -6.68. The number of nitrogens with one attached hydrogen (secondary N) is 5. The van der Waals surface area contributed by atoms with Gasteiger partial charge in [-0.2, -0.15) is 0 Å². The second-order valence-electron chi connectivity index (χ2n) is 24.8. The minimum Gasteiger partial charge on any atom is -0.494 e. The van der Waals surface area contributed by atoms with Gasteiger partial charge in [0.05, 0.1) is 51.8 Å². The highest BCUT2D eigenvalue weighted by Gasteiger charge is 2.56. The van der Waals surface area contributed by atoms with Crippen LogP contribution in [0.2, 0.25) is 0 Å². The van der Waals surface area contributed by atoms with Crippen molar-refractivity contribution >= 4 is 29.5 Å². The lowest BCUT2D eigenvalue weighted by Crippen LogP contribution is -2.70. The number of methoxy groups -OCH3 is 1. The van der Waals surface area contributed by atoms with Gasteiger partial charge in [-0.15, -0.1) is 11.8 Å². The Morgan fingerprint density at radius 1 is 0.576 bits per heavy atom. The molecule has 564 valence electrons. The molecule has 1 aromatic rings. The maximum atomic E-state index is 13.9. The zero-order valence-electron chi connectivity index (χ0n) is 56.4. The summed E-state index contributed by atoms with van der Waals surface area (Å²) in [5, 5.41) is 157. The van der Waals surface area contributed by atoms with Gasteiger partial charge in [0.25, 0.3) is 5.91 Å². The summed E-state index contributed by atoms with van der Waals surface area (Å²) in [6.07, 6.45) is -36.9. The van der Waals surface area contributed by atoms with Crippen molar-refractivity contribution in [2.75, 3.05) is 46.8 Å². The Morgan fingerprint density at radius 3 is 1.73 bits per heavy atom. The molecule has 29 atom stereocenters. The fraction of sp³-hybridized carbons (Fsp3) is 0.794. The maximum Gasteiger partial charge on any atom is 0.251 e. The van der Waals surface area contributed by atoms with Crippen LogP contribution < -0.4 is 31.3 Å². The highest BCUT2D eigenvalue weighted by Crippen LogP contribution is 2.35. The monoisotopic (exact) mass is 1420 g/mol. The van der Waals surface area contributed by atoms with Gasteiger partial charge in [-0.05, 0) is 44.9 Å². The molecule has 5 amide bonds. The van der Waals surface area contributed by atoms with Crippen molar-refractivity contribution in [3.05, 3.63) is 29.8 Å². The van der Waals surface area contributed by atoms with Crippen LogP contribution in [-0.2, 0) is 76.0 Å². The molecule has 0 radical (unpaired) electrons. The number of aliphatic hydroxyl groups excluding tert-OH is 13. The Balaban J connectivity index is 1.19. The van der Waals surface area contributed by atoms with Gasteiger partial charge in [0.2, 0.25) is 29.9 Å². The zero-order chi connectivity index (χ0) is 72.9. The number of hydrogen-bond donors (Lipinski definition) is 18. The number of rotatable bonds is 34. The molecule has 1 aromatic carbocycles. The first-order chi connectivity index (χ1) is 47.1. The van der Waals surface area contributed by atoms with Gasteiger partial charge in [0.1, 0.15) is 128 Å². The Kier molecular flexibility index (Phi) is 33.6. The number of unbranched alkanes of at least 4 members (excludes halogenated alkanes) is 5. The zero-order valence-corrected chi connectivity index (χ0v) is 56.4. The van der Waals surface area contributed by atoms with E-state index < -0.39 is 241 Å². The molecule has 99 heavy (non-hydrogen) atoms. The van der Waals surface area contributed by atoms with Crippen molar-refractivity contribution in [1.29, 1.82) is 0 Å². The molecule has 5 heterocycles. The van der Waals surface area contributed by atoms with Crippen molar-refractivity contribution in [1.82, 2.24) is 26.6 Å². The van der Waals surface area contributed by atoms with Crippen molar-refractivity contribution in [3.8, 4) is 17.6 Å². The summed E-state index contributed by atoms with van der Waals surface area (Å²) in [6.45, 7) is 4.69. The third kappa shape index (κ3) is 22.7. The van der Waals surface area contributed by atoms with Crippen LogP contribution >= 0.6 is 0 Å². The fourth-order valence-electron chi connectivity index (χ4n) is 11.9. The number of carbonyl (C=O) groups excluding carboxylic acids is 5. The predicted molar refractivity (Wildman–Crippen MR) is 334 cm³/mol.